The van der Waals surface area contributed by atoms with Gasteiger partial charge in [0.15, 0.2) is 12.0 Å². The zero-order chi connectivity index (χ0) is 16.3. The molecule has 7 N–H and O–H groups in total. The van der Waals surface area contributed by atoms with Gasteiger partial charge in [-0.25, -0.2) is 0 Å². The van der Waals surface area contributed by atoms with Gasteiger partial charge >= 0.3 is 7.60 Å². The highest BCUT2D eigenvalue weighted by atomic mass is 31.2. The predicted octanol–water partition coefficient (Wildman–Crippen LogP) is -1.56. The highest BCUT2D eigenvalue weighted by Gasteiger charge is 2.30. The summed E-state index contributed by atoms with van der Waals surface area (Å²) in [7, 11) is -4.07. The van der Waals surface area contributed by atoms with Crippen molar-refractivity contribution in [2.45, 2.75) is 12.6 Å². The molecule has 2 rings (SSSR count). The molecule has 0 radical (unpaired) electrons. The van der Waals surface area contributed by atoms with Gasteiger partial charge in [0.05, 0.1) is 19.4 Å². The average Bonchev–Trinajstić information content (AvgIpc) is 2.81. The molecule has 0 aliphatic carbocycles. The first-order valence-electron chi connectivity index (χ1n) is 6.49. The number of fused-ring (bicyclic) bond motifs is 1. The van der Waals surface area contributed by atoms with Crippen molar-refractivity contribution in [3.8, 4) is 0 Å². The van der Waals surface area contributed by atoms with Crippen LogP contribution in [0.4, 0.5) is 17.5 Å². The van der Waals surface area contributed by atoms with Gasteiger partial charge in [0.2, 0.25) is 5.95 Å². The quantitative estimate of drug-likeness (QED) is 0.253. The Hall–Kier alpha value is -1.65. The van der Waals surface area contributed by atoms with Gasteiger partial charge in [-0.15, -0.1) is 0 Å². The lowest BCUT2D eigenvalue weighted by atomic mass is 10.4. The molecule has 124 valence electrons. The number of aromatic amines is 1. The van der Waals surface area contributed by atoms with E-state index in [2.05, 4.69) is 15.3 Å². The first kappa shape index (κ1) is 16.7. The lowest BCUT2D eigenvalue weighted by molar-refractivity contribution is 0.0127. The van der Waals surface area contributed by atoms with Gasteiger partial charge in [-0.2, -0.15) is 4.98 Å². The molecule has 11 nitrogen and oxygen atoms in total. The molecule has 1 aliphatic rings. The van der Waals surface area contributed by atoms with Crippen LogP contribution in [0.15, 0.2) is 4.79 Å². The SMILES string of the molecule is Nc1nc2c(c(=O)[nH]1)NCN2C(CO)OCCCP(=O)(O)O. The van der Waals surface area contributed by atoms with E-state index in [1.165, 1.54) is 4.90 Å². The fourth-order valence-corrected chi connectivity index (χ4v) is 2.59. The maximum atomic E-state index is 11.7. The molecule has 1 aliphatic heterocycles. The summed E-state index contributed by atoms with van der Waals surface area (Å²) < 4.78 is 16.2. The number of aromatic nitrogens is 2. The summed E-state index contributed by atoms with van der Waals surface area (Å²) in [6.07, 6.45) is -0.968. The molecule has 2 heterocycles. The van der Waals surface area contributed by atoms with Crippen molar-refractivity contribution >= 4 is 25.0 Å². The second-order valence-corrected chi connectivity index (χ2v) is 6.48. The summed E-state index contributed by atoms with van der Waals surface area (Å²) in [5, 5.41) is 12.2. The number of ether oxygens (including phenoxy) is 1. The monoisotopic (exact) mass is 335 g/mol. The van der Waals surface area contributed by atoms with Gasteiger partial charge in [-0.1, -0.05) is 0 Å². The molecular weight excluding hydrogens is 317 g/mol. The molecule has 0 bridgehead atoms. The summed E-state index contributed by atoms with van der Waals surface area (Å²) in [5.74, 6) is 0.200. The summed E-state index contributed by atoms with van der Waals surface area (Å²) in [5.41, 5.74) is 5.29. The Morgan fingerprint density at radius 1 is 1.50 bits per heavy atom. The van der Waals surface area contributed by atoms with Crippen LogP contribution in [0.2, 0.25) is 0 Å². The molecule has 0 aromatic carbocycles. The summed E-state index contributed by atoms with van der Waals surface area (Å²) in [4.78, 5) is 37.1. The molecule has 0 saturated carbocycles. The number of hydrogen-bond acceptors (Lipinski definition) is 8. The second-order valence-electron chi connectivity index (χ2n) is 4.70. The number of nitrogens with one attached hydrogen (secondary N) is 2. The first-order valence-corrected chi connectivity index (χ1v) is 8.29. The molecule has 12 heteroatoms. The number of aliphatic hydroxyl groups is 1. The Morgan fingerprint density at radius 2 is 2.23 bits per heavy atom. The van der Waals surface area contributed by atoms with Crippen LogP contribution in [-0.4, -0.2) is 57.1 Å². The normalized spacial score (nSPS) is 15.5. The fourth-order valence-electron chi connectivity index (χ4n) is 2.05. The Balaban J connectivity index is 2.02. The van der Waals surface area contributed by atoms with E-state index in [0.717, 1.165) is 0 Å². The minimum atomic E-state index is -4.07. The number of rotatable bonds is 7. The van der Waals surface area contributed by atoms with Crippen LogP contribution < -0.4 is 21.5 Å². The van der Waals surface area contributed by atoms with E-state index in [1.54, 1.807) is 0 Å². The van der Waals surface area contributed by atoms with Crippen molar-refractivity contribution in [3.05, 3.63) is 10.4 Å². The molecule has 1 atom stereocenters. The zero-order valence-electron chi connectivity index (χ0n) is 11.6. The van der Waals surface area contributed by atoms with E-state index in [-0.39, 0.29) is 49.9 Å². The summed E-state index contributed by atoms with van der Waals surface area (Å²) >= 11 is 0. The molecule has 0 saturated heterocycles. The Labute approximate surface area is 125 Å². The van der Waals surface area contributed by atoms with E-state index < -0.39 is 19.4 Å². The number of aliphatic hydroxyl groups excluding tert-OH is 1. The van der Waals surface area contributed by atoms with E-state index >= 15 is 0 Å². The van der Waals surface area contributed by atoms with Gasteiger partial charge in [-0.05, 0) is 6.42 Å². The van der Waals surface area contributed by atoms with E-state index in [0.29, 0.717) is 0 Å². The largest absolute Gasteiger partial charge is 0.392 e. The Morgan fingerprint density at radius 3 is 2.86 bits per heavy atom. The number of hydrogen-bond donors (Lipinski definition) is 6. The third kappa shape index (κ3) is 3.96. The predicted molar refractivity (Wildman–Crippen MR) is 78.6 cm³/mol. The number of nitrogens with zero attached hydrogens (tertiary/aromatic N) is 2. The molecular formula is C10H18N5O6P. The first-order chi connectivity index (χ1) is 10.3. The van der Waals surface area contributed by atoms with Crippen molar-refractivity contribution in [2.75, 3.05) is 42.0 Å². The zero-order valence-corrected chi connectivity index (χ0v) is 12.5. The standard InChI is InChI=1S/C10H18N5O6P/c11-10-13-8-7(9(17)14-10)12-5-15(8)6(4-16)21-2-1-3-22(18,19)20/h6,12,16H,1-5H2,(H2,18,19,20)(H3,11,13,14,17). The van der Waals surface area contributed by atoms with Crippen molar-refractivity contribution in [1.29, 1.82) is 0 Å². The number of nitrogens with two attached hydrogens (primary N) is 1. The van der Waals surface area contributed by atoms with Gasteiger partial charge in [0.25, 0.3) is 5.56 Å². The minimum absolute atomic E-state index is 0.0425. The molecule has 1 aromatic heterocycles. The maximum Gasteiger partial charge on any atom is 0.325 e. The van der Waals surface area contributed by atoms with Crippen molar-refractivity contribution in [2.24, 2.45) is 0 Å². The number of H-pyrrole nitrogens is 1. The van der Waals surface area contributed by atoms with Crippen LogP contribution in [0.3, 0.4) is 0 Å². The van der Waals surface area contributed by atoms with E-state index in [9.17, 15) is 14.5 Å². The lowest BCUT2D eigenvalue weighted by Gasteiger charge is -2.26. The third-order valence-electron chi connectivity index (χ3n) is 3.02. The van der Waals surface area contributed by atoms with Crippen molar-refractivity contribution < 1.29 is 24.2 Å². The van der Waals surface area contributed by atoms with Crippen molar-refractivity contribution in [1.82, 2.24) is 9.97 Å². The third-order valence-corrected chi connectivity index (χ3v) is 3.92. The highest BCUT2D eigenvalue weighted by molar-refractivity contribution is 7.51. The van der Waals surface area contributed by atoms with E-state index in [1.807, 2.05) is 0 Å². The summed E-state index contributed by atoms with van der Waals surface area (Å²) in [6, 6.07) is 0. The fraction of sp³-hybridized carbons (Fsp3) is 0.600. The van der Waals surface area contributed by atoms with Gasteiger partial charge in [0.1, 0.15) is 5.69 Å². The summed E-state index contributed by atoms with van der Waals surface area (Å²) in [6.45, 7) is -0.148. The van der Waals surface area contributed by atoms with Crippen LogP contribution in [0.5, 0.6) is 0 Å². The Kier molecular flexibility index (Phi) is 5.04. The lowest BCUT2D eigenvalue weighted by Crippen LogP contribution is -2.40. The van der Waals surface area contributed by atoms with Crippen LogP contribution >= 0.6 is 7.60 Å². The van der Waals surface area contributed by atoms with Crippen LogP contribution in [0, 0.1) is 0 Å². The molecule has 1 unspecified atom stereocenters. The van der Waals surface area contributed by atoms with E-state index in [4.69, 9.17) is 20.3 Å². The topological polar surface area (TPSA) is 174 Å². The molecule has 0 spiro atoms. The molecule has 1 aromatic rings. The second kappa shape index (κ2) is 6.63. The minimum Gasteiger partial charge on any atom is -0.392 e. The Bertz CT molecular complexity index is 631. The average molecular weight is 335 g/mol. The van der Waals surface area contributed by atoms with Crippen LogP contribution in [-0.2, 0) is 9.30 Å². The number of nitrogen functional groups attached to an aromatic ring is 1. The maximum absolute atomic E-state index is 11.7. The molecule has 0 fully saturated rings. The van der Waals surface area contributed by atoms with Gasteiger partial charge < -0.3 is 35.6 Å². The molecule has 22 heavy (non-hydrogen) atoms. The van der Waals surface area contributed by atoms with Crippen LogP contribution in [0.25, 0.3) is 0 Å². The van der Waals surface area contributed by atoms with Crippen molar-refractivity contribution in [3.63, 3.8) is 0 Å². The van der Waals surface area contributed by atoms with Gasteiger partial charge in [-0.3, -0.25) is 14.3 Å². The molecule has 0 amide bonds. The highest BCUT2D eigenvalue weighted by Crippen LogP contribution is 2.35. The smallest absolute Gasteiger partial charge is 0.325 e. The van der Waals surface area contributed by atoms with Gasteiger partial charge in [0, 0.05) is 6.61 Å². The van der Waals surface area contributed by atoms with Crippen LogP contribution in [0.1, 0.15) is 6.42 Å². The number of anilines is 3.